The number of rotatable bonds is 4. The van der Waals surface area contributed by atoms with Gasteiger partial charge in [-0.2, -0.15) is 0 Å². The Bertz CT molecular complexity index is 406. The summed E-state index contributed by atoms with van der Waals surface area (Å²) >= 11 is 0. The summed E-state index contributed by atoms with van der Waals surface area (Å²) in [5.74, 6) is 0. The van der Waals surface area contributed by atoms with Crippen LogP contribution in [-0.2, 0) is 0 Å². The van der Waals surface area contributed by atoms with Gasteiger partial charge in [-0.1, -0.05) is 36.0 Å². The molecule has 0 saturated carbocycles. The Labute approximate surface area is 81.5 Å². The summed E-state index contributed by atoms with van der Waals surface area (Å²) in [6, 6.07) is 7.06. The first-order valence-electron chi connectivity index (χ1n) is 4.03. The molecule has 0 unspecified atom stereocenters. The van der Waals surface area contributed by atoms with E-state index in [1.165, 1.54) is 0 Å². The van der Waals surface area contributed by atoms with E-state index in [1.807, 2.05) is 6.07 Å². The first-order chi connectivity index (χ1) is 6.79. The van der Waals surface area contributed by atoms with E-state index in [0.717, 1.165) is 11.8 Å². The standard InChI is InChI=1S/C10H9N3O/c1-8(6-12-13-11)10-5-3-2-4-9(10)7-14/h2-5,7H,1,6H2. The second-order valence-electron chi connectivity index (χ2n) is 2.70. The van der Waals surface area contributed by atoms with Crippen LogP contribution in [0.4, 0.5) is 0 Å². The summed E-state index contributed by atoms with van der Waals surface area (Å²) in [6.45, 7) is 3.93. The molecule has 0 spiro atoms. The maximum absolute atomic E-state index is 10.7. The number of carbonyl (C=O) groups is 1. The second kappa shape index (κ2) is 4.84. The molecular weight excluding hydrogens is 178 g/mol. The minimum atomic E-state index is 0.182. The van der Waals surface area contributed by atoms with Gasteiger partial charge in [0.05, 0.1) is 6.54 Å². The quantitative estimate of drug-likeness (QED) is 0.309. The van der Waals surface area contributed by atoms with E-state index in [4.69, 9.17) is 5.53 Å². The summed E-state index contributed by atoms with van der Waals surface area (Å²) in [5.41, 5.74) is 10.1. The van der Waals surface area contributed by atoms with Crippen LogP contribution < -0.4 is 0 Å². The Hall–Kier alpha value is -2.06. The van der Waals surface area contributed by atoms with Crippen molar-refractivity contribution in [2.45, 2.75) is 0 Å². The van der Waals surface area contributed by atoms with Crippen molar-refractivity contribution in [2.24, 2.45) is 5.11 Å². The highest BCUT2D eigenvalue weighted by molar-refractivity contribution is 5.85. The third-order valence-electron chi connectivity index (χ3n) is 1.79. The van der Waals surface area contributed by atoms with Crippen LogP contribution in [0.15, 0.2) is 36.0 Å². The van der Waals surface area contributed by atoms with E-state index in [1.54, 1.807) is 18.2 Å². The average molecular weight is 187 g/mol. The summed E-state index contributed by atoms with van der Waals surface area (Å²) in [4.78, 5) is 13.3. The lowest BCUT2D eigenvalue weighted by Crippen LogP contribution is -1.92. The fourth-order valence-electron chi connectivity index (χ4n) is 1.12. The molecule has 1 rings (SSSR count). The maximum Gasteiger partial charge on any atom is 0.150 e. The second-order valence-corrected chi connectivity index (χ2v) is 2.70. The summed E-state index contributed by atoms with van der Waals surface area (Å²) < 4.78 is 0. The lowest BCUT2D eigenvalue weighted by molar-refractivity contribution is 0.112. The number of carbonyl (C=O) groups excluding carboxylic acids is 1. The van der Waals surface area contributed by atoms with Crippen molar-refractivity contribution in [3.05, 3.63) is 52.4 Å². The first kappa shape index (κ1) is 10.0. The molecule has 0 heterocycles. The van der Waals surface area contributed by atoms with Gasteiger partial charge in [0.25, 0.3) is 0 Å². The molecular formula is C10H9N3O. The van der Waals surface area contributed by atoms with E-state index >= 15 is 0 Å². The van der Waals surface area contributed by atoms with Crippen LogP contribution in [0.1, 0.15) is 15.9 Å². The van der Waals surface area contributed by atoms with Crippen LogP contribution in [0.2, 0.25) is 0 Å². The predicted molar refractivity (Wildman–Crippen MR) is 54.9 cm³/mol. The van der Waals surface area contributed by atoms with Gasteiger partial charge in [0.1, 0.15) is 0 Å². The molecule has 14 heavy (non-hydrogen) atoms. The smallest absolute Gasteiger partial charge is 0.150 e. The molecule has 0 radical (unpaired) electrons. The highest BCUT2D eigenvalue weighted by Gasteiger charge is 2.02. The minimum Gasteiger partial charge on any atom is -0.298 e. The zero-order chi connectivity index (χ0) is 10.4. The van der Waals surface area contributed by atoms with E-state index in [0.29, 0.717) is 11.1 Å². The van der Waals surface area contributed by atoms with E-state index in [9.17, 15) is 4.79 Å². The molecule has 4 heteroatoms. The number of hydrogen-bond donors (Lipinski definition) is 0. The van der Waals surface area contributed by atoms with Crippen molar-refractivity contribution in [1.29, 1.82) is 0 Å². The van der Waals surface area contributed by atoms with E-state index < -0.39 is 0 Å². The van der Waals surface area contributed by atoms with Gasteiger partial charge in [0.2, 0.25) is 0 Å². The molecule has 0 aliphatic heterocycles. The van der Waals surface area contributed by atoms with Crippen LogP contribution in [0.25, 0.3) is 16.0 Å². The molecule has 4 nitrogen and oxygen atoms in total. The molecule has 1 aromatic carbocycles. The van der Waals surface area contributed by atoms with Gasteiger partial charge < -0.3 is 0 Å². The fraction of sp³-hybridized carbons (Fsp3) is 0.100. The van der Waals surface area contributed by atoms with E-state index in [-0.39, 0.29) is 6.54 Å². The molecule has 0 aliphatic carbocycles. The Morgan fingerprint density at radius 1 is 1.57 bits per heavy atom. The largest absolute Gasteiger partial charge is 0.298 e. The number of nitrogens with zero attached hydrogens (tertiary/aromatic N) is 3. The number of aldehydes is 1. The number of azide groups is 1. The average Bonchev–Trinajstić information content (AvgIpc) is 2.25. The van der Waals surface area contributed by atoms with Crippen molar-refractivity contribution in [1.82, 2.24) is 0 Å². The first-order valence-corrected chi connectivity index (χ1v) is 4.03. The lowest BCUT2D eigenvalue weighted by atomic mass is 10.0. The number of hydrogen-bond acceptors (Lipinski definition) is 2. The molecule has 0 amide bonds. The van der Waals surface area contributed by atoms with Crippen LogP contribution in [0.5, 0.6) is 0 Å². The van der Waals surface area contributed by atoms with Crippen molar-refractivity contribution in [3.8, 4) is 0 Å². The molecule has 0 bridgehead atoms. The van der Waals surface area contributed by atoms with Crippen molar-refractivity contribution in [3.63, 3.8) is 0 Å². The van der Waals surface area contributed by atoms with Crippen molar-refractivity contribution in [2.75, 3.05) is 6.54 Å². The molecule has 0 saturated heterocycles. The monoisotopic (exact) mass is 187 g/mol. The minimum absolute atomic E-state index is 0.182. The molecule has 0 fully saturated rings. The molecule has 0 aromatic heterocycles. The highest BCUT2D eigenvalue weighted by atomic mass is 16.1. The van der Waals surface area contributed by atoms with Gasteiger partial charge >= 0.3 is 0 Å². The molecule has 0 aliphatic rings. The Morgan fingerprint density at radius 2 is 2.29 bits per heavy atom. The van der Waals surface area contributed by atoms with Crippen molar-refractivity contribution < 1.29 is 4.79 Å². The zero-order valence-electron chi connectivity index (χ0n) is 7.55. The maximum atomic E-state index is 10.7. The number of benzene rings is 1. The molecule has 70 valence electrons. The van der Waals surface area contributed by atoms with Gasteiger partial charge in [0, 0.05) is 10.5 Å². The molecule has 0 N–H and O–H groups in total. The third-order valence-corrected chi connectivity index (χ3v) is 1.79. The Morgan fingerprint density at radius 3 is 2.93 bits per heavy atom. The van der Waals surface area contributed by atoms with Gasteiger partial charge in [-0.25, -0.2) is 0 Å². The van der Waals surface area contributed by atoms with Gasteiger partial charge in [-0.15, -0.1) is 0 Å². The fourth-order valence-corrected chi connectivity index (χ4v) is 1.12. The highest BCUT2D eigenvalue weighted by Crippen LogP contribution is 2.16. The van der Waals surface area contributed by atoms with Crippen molar-refractivity contribution >= 4 is 11.9 Å². The Kier molecular flexibility index (Phi) is 3.47. The summed E-state index contributed by atoms with van der Waals surface area (Å²) in [6.07, 6.45) is 0.761. The van der Waals surface area contributed by atoms with Crippen LogP contribution in [0, 0.1) is 0 Å². The van der Waals surface area contributed by atoms with Gasteiger partial charge in [-0.05, 0) is 16.7 Å². The summed E-state index contributed by atoms with van der Waals surface area (Å²) in [7, 11) is 0. The zero-order valence-corrected chi connectivity index (χ0v) is 7.55. The van der Waals surface area contributed by atoms with E-state index in [2.05, 4.69) is 16.6 Å². The SMILES string of the molecule is C=C(CN=[N+]=[N-])c1ccccc1C=O. The molecule has 0 atom stereocenters. The molecule has 1 aromatic rings. The lowest BCUT2D eigenvalue weighted by Gasteiger charge is -2.04. The normalized spacial score (nSPS) is 8.86. The third kappa shape index (κ3) is 2.21. The Balaban J connectivity index is 2.99. The van der Waals surface area contributed by atoms with Gasteiger partial charge in [0.15, 0.2) is 6.29 Å². The van der Waals surface area contributed by atoms with Crippen LogP contribution in [0.3, 0.4) is 0 Å². The van der Waals surface area contributed by atoms with Crippen LogP contribution in [-0.4, -0.2) is 12.8 Å². The predicted octanol–water partition coefficient (Wildman–Crippen LogP) is 2.82. The topological polar surface area (TPSA) is 65.8 Å². The summed E-state index contributed by atoms with van der Waals surface area (Å²) in [5, 5.41) is 3.39. The van der Waals surface area contributed by atoms with Gasteiger partial charge in [-0.3, -0.25) is 4.79 Å². The van der Waals surface area contributed by atoms with Crippen LogP contribution >= 0.6 is 0 Å².